The van der Waals surface area contributed by atoms with Gasteiger partial charge in [0.1, 0.15) is 0 Å². The first-order valence-electron chi connectivity index (χ1n) is 6.01. The van der Waals surface area contributed by atoms with Crippen LogP contribution in [0.1, 0.15) is 12.8 Å². The number of nitrogens with zero attached hydrogens (tertiary/aromatic N) is 1. The third-order valence-corrected chi connectivity index (χ3v) is 3.41. The van der Waals surface area contributed by atoms with Crippen LogP contribution in [-0.2, 0) is 4.79 Å². The fourth-order valence-electron chi connectivity index (χ4n) is 1.75. The second kappa shape index (κ2) is 8.84. The lowest BCUT2D eigenvalue weighted by atomic mass is 10.3. The first-order valence-corrected chi connectivity index (χ1v) is 7.41. The van der Waals surface area contributed by atoms with Crippen molar-refractivity contribution < 1.29 is 4.79 Å². The van der Waals surface area contributed by atoms with E-state index in [2.05, 4.69) is 21.8 Å². The van der Waals surface area contributed by atoms with E-state index in [0.717, 1.165) is 51.4 Å². The summed E-state index contributed by atoms with van der Waals surface area (Å²) in [5, 5.41) is 6.30. The second-order valence-electron chi connectivity index (χ2n) is 4.04. The van der Waals surface area contributed by atoms with Crippen molar-refractivity contribution in [2.75, 3.05) is 51.3 Å². The fraction of sp³-hybridized carbons (Fsp3) is 0.909. The van der Waals surface area contributed by atoms with Gasteiger partial charge in [0, 0.05) is 45.7 Å². The maximum Gasteiger partial charge on any atom is 0.220 e. The normalized spacial score (nSPS) is 17.3. The van der Waals surface area contributed by atoms with E-state index in [1.807, 2.05) is 0 Å². The minimum atomic E-state index is 0.198. The summed E-state index contributed by atoms with van der Waals surface area (Å²) in [5.74, 6) is 1.27. The number of amides is 1. The molecule has 1 heterocycles. The highest BCUT2D eigenvalue weighted by atomic mass is 32.2. The average Bonchev–Trinajstić information content (AvgIpc) is 2.31. The number of nitrogens with one attached hydrogen (secondary N) is 2. The van der Waals surface area contributed by atoms with E-state index in [9.17, 15) is 4.79 Å². The molecule has 0 radical (unpaired) electrons. The Balaban J connectivity index is 1.94. The summed E-state index contributed by atoms with van der Waals surface area (Å²) in [5.41, 5.74) is 0. The maximum atomic E-state index is 11.4. The smallest absolute Gasteiger partial charge is 0.220 e. The van der Waals surface area contributed by atoms with E-state index in [4.69, 9.17) is 0 Å². The lowest BCUT2D eigenvalue weighted by Gasteiger charge is -2.27. The van der Waals surface area contributed by atoms with Crippen molar-refractivity contribution in [1.82, 2.24) is 15.5 Å². The standard InChI is InChI=1S/C11H23N3OS/c1-16-10-2-3-11(15)13-6-9-14-7-4-12-5-8-14/h12H,2-10H2,1H3,(H,13,15). The highest BCUT2D eigenvalue weighted by Crippen LogP contribution is 1.98. The molecule has 0 unspecified atom stereocenters. The van der Waals surface area contributed by atoms with Gasteiger partial charge in [-0.1, -0.05) is 0 Å². The van der Waals surface area contributed by atoms with E-state index in [1.165, 1.54) is 0 Å². The first kappa shape index (κ1) is 13.8. The molecule has 0 aliphatic carbocycles. The van der Waals surface area contributed by atoms with Crippen LogP contribution < -0.4 is 10.6 Å². The van der Waals surface area contributed by atoms with Crippen LogP contribution in [0.3, 0.4) is 0 Å². The zero-order valence-corrected chi connectivity index (χ0v) is 10.9. The highest BCUT2D eigenvalue weighted by molar-refractivity contribution is 7.98. The molecule has 0 spiro atoms. The van der Waals surface area contributed by atoms with Crippen molar-refractivity contribution in [2.24, 2.45) is 0 Å². The molecule has 16 heavy (non-hydrogen) atoms. The van der Waals surface area contributed by atoms with Gasteiger partial charge in [0.25, 0.3) is 0 Å². The Bertz CT molecular complexity index is 196. The number of rotatable bonds is 7. The Labute approximate surface area is 103 Å². The van der Waals surface area contributed by atoms with E-state index in [-0.39, 0.29) is 5.91 Å². The van der Waals surface area contributed by atoms with Gasteiger partial charge in [-0.2, -0.15) is 11.8 Å². The fourth-order valence-corrected chi connectivity index (χ4v) is 2.19. The molecule has 1 saturated heterocycles. The van der Waals surface area contributed by atoms with Crippen LogP contribution in [0.15, 0.2) is 0 Å². The van der Waals surface area contributed by atoms with Crippen LogP contribution in [0.4, 0.5) is 0 Å². The monoisotopic (exact) mass is 245 g/mol. The molecule has 1 fully saturated rings. The lowest BCUT2D eigenvalue weighted by Crippen LogP contribution is -2.46. The molecule has 0 aromatic carbocycles. The minimum absolute atomic E-state index is 0.198. The molecule has 0 saturated carbocycles. The van der Waals surface area contributed by atoms with Gasteiger partial charge in [0.15, 0.2) is 0 Å². The highest BCUT2D eigenvalue weighted by Gasteiger charge is 2.08. The number of carbonyl (C=O) groups is 1. The largest absolute Gasteiger partial charge is 0.355 e. The van der Waals surface area contributed by atoms with Gasteiger partial charge in [0.05, 0.1) is 0 Å². The Morgan fingerprint density at radius 3 is 2.88 bits per heavy atom. The van der Waals surface area contributed by atoms with E-state index in [1.54, 1.807) is 11.8 Å². The van der Waals surface area contributed by atoms with Gasteiger partial charge >= 0.3 is 0 Å². The Morgan fingerprint density at radius 2 is 2.19 bits per heavy atom. The molecule has 1 aliphatic rings. The topological polar surface area (TPSA) is 44.4 Å². The average molecular weight is 245 g/mol. The molecule has 2 N–H and O–H groups in total. The molecule has 1 rings (SSSR count). The van der Waals surface area contributed by atoms with Crippen molar-refractivity contribution in [3.63, 3.8) is 0 Å². The molecule has 94 valence electrons. The maximum absolute atomic E-state index is 11.4. The summed E-state index contributed by atoms with van der Waals surface area (Å²) in [4.78, 5) is 13.8. The van der Waals surface area contributed by atoms with E-state index < -0.39 is 0 Å². The third-order valence-electron chi connectivity index (χ3n) is 2.71. The zero-order valence-electron chi connectivity index (χ0n) is 10.1. The van der Waals surface area contributed by atoms with Crippen molar-refractivity contribution in [3.8, 4) is 0 Å². The summed E-state index contributed by atoms with van der Waals surface area (Å²) in [6.45, 7) is 6.11. The van der Waals surface area contributed by atoms with Crippen LogP contribution in [-0.4, -0.2) is 62.1 Å². The number of thioether (sulfide) groups is 1. The zero-order chi connectivity index (χ0) is 11.6. The summed E-state index contributed by atoms with van der Waals surface area (Å²) < 4.78 is 0. The van der Waals surface area contributed by atoms with Crippen molar-refractivity contribution in [3.05, 3.63) is 0 Å². The van der Waals surface area contributed by atoms with Crippen molar-refractivity contribution >= 4 is 17.7 Å². The van der Waals surface area contributed by atoms with Crippen LogP contribution >= 0.6 is 11.8 Å². The molecule has 1 amide bonds. The van der Waals surface area contributed by atoms with E-state index >= 15 is 0 Å². The van der Waals surface area contributed by atoms with Gasteiger partial charge in [0.2, 0.25) is 5.91 Å². The third kappa shape index (κ3) is 6.35. The molecule has 0 aromatic rings. The summed E-state index contributed by atoms with van der Waals surface area (Å²) in [7, 11) is 0. The molecule has 4 nitrogen and oxygen atoms in total. The van der Waals surface area contributed by atoms with E-state index in [0.29, 0.717) is 6.42 Å². The second-order valence-corrected chi connectivity index (χ2v) is 5.02. The van der Waals surface area contributed by atoms with Crippen LogP contribution in [0.5, 0.6) is 0 Å². The van der Waals surface area contributed by atoms with Gasteiger partial charge in [-0.3, -0.25) is 9.69 Å². The molecule has 5 heteroatoms. The Kier molecular flexibility index (Phi) is 7.63. The number of carbonyl (C=O) groups excluding carboxylic acids is 1. The summed E-state index contributed by atoms with van der Waals surface area (Å²) in [6, 6.07) is 0. The number of hydrogen-bond donors (Lipinski definition) is 2. The Morgan fingerprint density at radius 1 is 1.44 bits per heavy atom. The van der Waals surface area contributed by atoms with Gasteiger partial charge < -0.3 is 10.6 Å². The molecule has 0 atom stereocenters. The molecule has 0 aromatic heterocycles. The number of hydrogen-bond acceptors (Lipinski definition) is 4. The predicted molar refractivity (Wildman–Crippen MR) is 69.9 cm³/mol. The molecular formula is C11H23N3OS. The molecule has 0 bridgehead atoms. The Hall–Kier alpha value is -0.260. The predicted octanol–water partition coefficient (Wildman–Crippen LogP) is 0.151. The van der Waals surface area contributed by atoms with Gasteiger partial charge in [-0.05, 0) is 18.4 Å². The SMILES string of the molecule is CSCCCC(=O)NCCN1CCNCC1. The van der Waals surface area contributed by atoms with Gasteiger partial charge in [-0.15, -0.1) is 0 Å². The summed E-state index contributed by atoms with van der Waals surface area (Å²) in [6.07, 6.45) is 3.73. The van der Waals surface area contributed by atoms with Gasteiger partial charge in [-0.25, -0.2) is 0 Å². The first-order chi connectivity index (χ1) is 7.83. The lowest BCUT2D eigenvalue weighted by molar-refractivity contribution is -0.121. The quantitative estimate of drug-likeness (QED) is 0.627. The van der Waals surface area contributed by atoms with Crippen LogP contribution in [0.2, 0.25) is 0 Å². The molecule has 1 aliphatic heterocycles. The minimum Gasteiger partial charge on any atom is -0.355 e. The summed E-state index contributed by atoms with van der Waals surface area (Å²) >= 11 is 1.80. The number of piperazine rings is 1. The van der Waals surface area contributed by atoms with Crippen LogP contribution in [0, 0.1) is 0 Å². The van der Waals surface area contributed by atoms with Crippen molar-refractivity contribution in [2.45, 2.75) is 12.8 Å². The van der Waals surface area contributed by atoms with Crippen molar-refractivity contribution in [1.29, 1.82) is 0 Å². The molecular weight excluding hydrogens is 222 g/mol. The van der Waals surface area contributed by atoms with Crippen LogP contribution in [0.25, 0.3) is 0 Å².